The highest BCUT2D eigenvalue weighted by Crippen LogP contribution is 2.29. The standard InChI is InChI=1S/C23H23NO5/c1-15-20(24-21(29-15)18-6-4-3-5-7-18)12-16-8-10-17(11-9-16)19-13-27-23(2,22(25)26)28-14-19/h3-11,19H,12-14H2,1-2H3,(H,25,26)/t19-,23+. The van der Waals surface area contributed by atoms with E-state index in [1.807, 2.05) is 49.4 Å². The Morgan fingerprint density at radius 3 is 2.38 bits per heavy atom. The van der Waals surface area contributed by atoms with Crippen molar-refractivity contribution in [2.45, 2.75) is 32.0 Å². The summed E-state index contributed by atoms with van der Waals surface area (Å²) in [6, 6.07) is 18.0. The molecule has 0 amide bonds. The Morgan fingerprint density at radius 2 is 1.76 bits per heavy atom. The van der Waals surface area contributed by atoms with Gasteiger partial charge >= 0.3 is 5.97 Å². The van der Waals surface area contributed by atoms with Crippen molar-refractivity contribution in [2.75, 3.05) is 13.2 Å². The van der Waals surface area contributed by atoms with E-state index in [0.29, 0.717) is 25.5 Å². The topological polar surface area (TPSA) is 81.8 Å². The molecular weight excluding hydrogens is 370 g/mol. The minimum absolute atomic E-state index is 0.00921. The van der Waals surface area contributed by atoms with Crippen LogP contribution in [0.15, 0.2) is 59.0 Å². The second-order valence-corrected chi connectivity index (χ2v) is 7.38. The molecule has 0 unspecified atom stereocenters. The number of aryl methyl sites for hydroxylation is 1. The van der Waals surface area contributed by atoms with Crippen LogP contribution < -0.4 is 0 Å². The number of aromatic nitrogens is 1. The van der Waals surface area contributed by atoms with Crippen LogP contribution in [0.4, 0.5) is 0 Å². The SMILES string of the molecule is Cc1oc(-c2ccccc2)nc1Cc1ccc([C@H]2CO[C@@](C)(C(=O)O)OC2)cc1. The van der Waals surface area contributed by atoms with Crippen molar-refractivity contribution < 1.29 is 23.8 Å². The normalized spacial score (nSPS) is 21.8. The van der Waals surface area contributed by atoms with Crippen molar-refractivity contribution in [2.24, 2.45) is 0 Å². The zero-order valence-electron chi connectivity index (χ0n) is 16.4. The second-order valence-electron chi connectivity index (χ2n) is 7.38. The van der Waals surface area contributed by atoms with Crippen LogP contribution in [0.25, 0.3) is 11.5 Å². The lowest BCUT2D eigenvalue weighted by molar-refractivity contribution is -0.262. The van der Waals surface area contributed by atoms with Crippen LogP contribution in [-0.4, -0.2) is 35.1 Å². The van der Waals surface area contributed by atoms with E-state index in [2.05, 4.69) is 17.1 Å². The number of aliphatic carboxylic acids is 1. The van der Waals surface area contributed by atoms with Crippen LogP contribution in [0.5, 0.6) is 0 Å². The van der Waals surface area contributed by atoms with E-state index < -0.39 is 11.8 Å². The van der Waals surface area contributed by atoms with Crippen molar-refractivity contribution >= 4 is 5.97 Å². The van der Waals surface area contributed by atoms with Crippen LogP contribution in [0.1, 0.15) is 35.4 Å². The molecule has 6 heteroatoms. The molecule has 150 valence electrons. The number of carbonyl (C=O) groups is 1. The number of nitrogens with zero attached hydrogens (tertiary/aromatic N) is 1. The Morgan fingerprint density at radius 1 is 1.10 bits per heavy atom. The third-order valence-corrected chi connectivity index (χ3v) is 5.24. The summed E-state index contributed by atoms with van der Waals surface area (Å²) in [4.78, 5) is 15.9. The van der Waals surface area contributed by atoms with Gasteiger partial charge in [0.1, 0.15) is 5.76 Å². The lowest BCUT2D eigenvalue weighted by atomic mass is 9.97. The number of carboxylic acid groups (broad SMARTS) is 1. The van der Waals surface area contributed by atoms with E-state index in [-0.39, 0.29) is 5.92 Å². The summed E-state index contributed by atoms with van der Waals surface area (Å²) in [5.74, 6) is -1.21. The number of carboxylic acids is 1. The average molecular weight is 393 g/mol. The number of hydrogen-bond acceptors (Lipinski definition) is 5. The fraction of sp³-hybridized carbons (Fsp3) is 0.304. The molecule has 1 fully saturated rings. The van der Waals surface area contributed by atoms with Gasteiger partial charge in [0.2, 0.25) is 5.89 Å². The predicted octanol–water partition coefficient (Wildman–Crippen LogP) is 4.17. The fourth-order valence-electron chi connectivity index (χ4n) is 3.32. The Hall–Kier alpha value is -2.96. The fourth-order valence-corrected chi connectivity index (χ4v) is 3.32. The Kier molecular flexibility index (Phi) is 5.22. The Labute approximate surface area is 169 Å². The molecule has 29 heavy (non-hydrogen) atoms. The molecule has 3 aromatic rings. The predicted molar refractivity (Wildman–Crippen MR) is 107 cm³/mol. The summed E-state index contributed by atoms with van der Waals surface area (Å²) in [5.41, 5.74) is 4.06. The first-order valence-corrected chi connectivity index (χ1v) is 9.56. The van der Waals surface area contributed by atoms with Crippen LogP contribution in [0, 0.1) is 6.92 Å². The first-order valence-electron chi connectivity index (χ1n) is 9.56. The van der Waals surface area contributed by atoms with Crippen LogP contribution in [0.2, 0.25) is 0 Å². The van der Waals surface area contributed by atoms with Crippen molar-refractivity contribution in [3.63, 3.8) is 0 Å². The van der Waals surface area contributed by atoms with Crippen molar-refractivity contribution in [3.05, 3.63) is 77.2 Å². The van der Waals surface area contributed by atoms with E-state index in [1.54, 1.807) is 0 Å². The number of ether oxygens (including phenoxy) is 2. The maximum Gasteiger partial charge on any atom is 0.364 e. The van der Waals surface area contributed by atoms with Gasteiger partial charge in [-0.1, -0.05) is 42.5 Å². The molecule has 1 N–H and O–H groups in total. The molecule has 1 aromatic heterocycles. The minimum Gasteiger partial charge on any atom is -0.477 e. The molecule has 1 aliphatic heterocycles. The van der Waals surface area contributed by atoms with E-state index in [1.165, 1.54) is 6.92 Å². The van der Waals surface area contributed by atoms with Gasteiger partial charge in [-0.2, -0.15) is 0 Å². The van der Waals surface area contributed by atoms with E-state index in [4.69, 9.17) is 19.0 Å². The van der Waals surface area contributed by atoms with E-state index in [9.17, 15) is 4.79 Å². The first kappa shape index (κ1) is 19.4. The third-order valence-electron chi connectivity index (χ3n) is 5.24. The summed E-state index contributed by atoms with van der Waals surface area (Å²) in [6.07, 6.45) is 0.678. The maximum absolute atomic E-state index is 11.2. The molecule has 1 saturated heterocycles. The monoisotopic (exact) mass is 393 g/mol. The molecule has 0 atom stereocenters. The minimum atomic E-state index is -1.56. The lowest BCUT2D eigenvalue weighted by Crippen LogP contribution is -2.47. The molecule has 6 nitrogen and oxygen atoms in total. The average Bonchev–Trinajstić information content (AvgIpc) is 3.10. The van der Waals surface area contributed by atoms with Gasteiger partial charge in [-0.05, 0) is 30.2 Å². The molecule has 4 rings (SSSR count). The maximum atomic E-state index is 11.2. The summed E-state index contributed by atoms with van der Waals surface area (Å²) in [5, 5.41) is 9.16. The lowest BCUT2D eigenvalue weighted by Gasteiger charge is -2.34. The molecule has 1 aliphatic rings. The second kappa shape index (κ2) is 7.81. The number of rotatable bonds is 5. The van der Waals surface area contributed by atoms with Gasteiger partial charge < -0.3 is 19.0 Å². The summed E-state index contributed by atoms with van der Waals surface area (Å²) >= 11 is 0. The summed E-state index contributed by atoms with van der Waals surface area (Å²) in [6.45, 7) is 3.98. The summed E-state index contributed by atoms with van der Waals surface area (Å²) < 4.78 is 16.7. The largest absolute Gasteiger partial charge is 0.477 e. The quantitative estimate of drug-likeness (QED) is 0.701. The molecule has 2 heterocycles. The van der Waals surface area contributed by atoms with Crippen molar-refractivity contribution in [1.82, 2.24) is 4.98 Å². The van der Waals surface area contributed by atoms with Gasteiger partial charge in [0.05, 0.1) is 18.9 Å². The van der Waals surface area contributed by atoms with Gasteiger partial charge in [-0.25, -0.2) is 9.78 Å². The number of benzene rings is 2. The number of oxazole rings is 1. The molecule has 0 spiro atoms. The highest BCUT2D eigenvalue weighted by atomic mass is 16.7. The van der Waals surface area contributed by atoms with E-state index in [0.717, 1.165) is 28.1 Å². The molecule has 2 aromatic carbocycles. The van der Waals surface area contributed by atoms with Crippen LogP contribution in [0.3, 0.4) is 0 Å². The van der Waals surface area contributed by atoms with Crippen molar-refractivity contribution in [3.8, 4) is 11.5 Å². The third kappa shape index (κ3) is 4.09. The summed E-state index contributed by atoms with van der Waals surface area (Å²) in [7, 11) is 0. The zero-order chi connectivity index (χ0) is 20.4. The van der Waals surface area contributed by atoms with Crippen molar-refractivity contribution in [1.29, 1.82) is 0 Å². The highest BCUT2D eigenvalue weighted by Gasteiger charge is 2.40. The Balaban J connectivity index is 1.43. The smallest absolute Gasteiger partial charge is 0.364 e. The van der Waals surface area contributed by atoms with Gasteiger partial charge in [0.15, 0.2) is 0 Å². The van der Waals surface area contributed by atoms with Crippen LogP contribution in [-0.2, 0) is 20.7 Å². The molecule has 0 saturated carbocycles. The zero-order valence-corrected chi connectivity index (χ0v) is 16.4. The van der Waals surface area contributed by atoms with E-state index >= 15 is 0 Å². The first-order chi connectivity index (χ1) is 13.9. The van der Waals surface area contributed by atoms with Gasteiger partial charge in [-0.3, -0.25) is 0 Å². The van der Waals surface area contributed by atoms with Gasteiger partial charge in [0, 0.05) is 24.8 Å². The Bertz CT molecular complexity index is 986. The van der Waals surface area contributed by atoms with Gasteiger partial charge in [0.25, 0.3) is 5.79 Å². The van der Waals surface area contributed by atoms with Gasteiger partial charge in [-0.15, -0.1) is 0 Å². The number of hydrogen-bond donors (Lipinski definition) is 1. The van der Waals surface area contributed by atoms with Crippen LogP contribution >= 0.6 is 0 Å². The highest BCUT2D eigenvalue weighted by molar-refractivity contribution is 5.75. The molecular formula is C23H23NO5. The molecule has 0 aliphatic carbocycles. The molecule has 0 bridgehead atoms. The molecule has 0 radical (unpaired) electrons.